The SMILES string of the molecule is N#Cc1ccnc(-c2ccc(C(=O)NCCN3CCCC[C@@H]3CO)cc2)c1. The van der Waals surface area contributed by atoms with E-state index in [2.05, 4.69) is 21.3 Å². The summed E-state index contributed by atoms with van der Waals surface area (Å²) in [5.74, 6) is -0.113. The van der Waals surface area contributed by atoms with Crippen molar-refractivity contribution in [2.75, 3.05) is 26.2 Å². The summed E-state index contributed by atoms with van der Waals surface area (Å²) in [6.45, 7) is 2.46. The number of nitrogens with one attached hydrogen (secondary N) is 1. The number of hydrogen-bond donors (Lipinski definition) is 2. The number of benzene rings is 1. The summed E-state index contributed by atoms with van der Waals surface area (Å²) in [5, 5.41) is 21.4. The minimum Gasteiger partial charge on any atom is -0.395 e. The van der Waals surface area contributed by atoms with Gasteiger partial charge in [0.25, 0.3) is 5.91 Å². The highest BCUT2D eigenvalue weighted by Gasteiger charge is 2.21. The number of rotatable bonds is 6. The summed E-state index contributed by atoms with van der Waals surface area (Å²) in [6, 6.07) is 12.9. The Morgan fingerprint density at radius 1 is 1.30 bits per heavy atom. The quantitative estimate of drug-likeness (QED) is 0.820. The second-order valence-corrected chi connectivity index (χ2v) is 6.74. The third kappa shape index (κ3) is 4.91. The Labute approximate surface area is 159 Å². The molecule has 1 aliphatic heterocycles. The van der Waals surface area contributed by atoms with Crippen molar-refractivity contribution >= 4 is 5.91 Å². The number of likely N-dealkylation sites (tertiary alicyclic amines) is 1. The second kappa shape index (κ2) is 9.26. The van der Waals surface area contributed by atoms with Gasteiger partial charge in [0.05, 0.1) is 23.9 Å². The van der Waals surface area contributed by atoms with Crippen LogP contribution in [0.15, 0.2) is 42.6 Å². The van der Waals surface area contributed by atoms with Crippen molar-refractivity contribution in [2.24, 2.45) is 0 Å². The van der Waals surface area contributed by atoms with Crippen LogP contribution >= 0.6 is 0 Å². The molecule has 6 heteroatoms. The van der Waals surface area contributed by atoms with Gasteiger partial charge in [0.2, 0.25) is 0 Å². The second-order valence-electron chi connectivity index (χ2n) is 6.74. The van der Waals surface area contributed by atoms with Gasteiger partial charge in [-0.1, -0.05) is 18.6 Å². The van der Waals surface area contributed by atoms with Gasteiger partial charge < -0.3 is 10.4 Å². The largest absolute Gasteiger partial charge is 0.395 e. The average molecular weight is 364 g/mol. The number of hydrogen-bond acceptors (Lipinski definition) is 5. The fourth-order valence-electron chi connectivity index (χ4n) is 3.43. The van der Waals surface area contributed by atoms with E-state index in [-0.39, 0.29) is 18.6 Å². The lowest BCUT2D eigenvalue weighted by molar-refractivity contribution is 0.0849. The van der Waals surface area contributed by atoms with Gasteiger partial charge in [0.15, 0.2) is 0 Å². The molecule has 1 fully saturated rings. The smallest absolute Gasteiger partial charge is 0.251 e. The van der Waals surface area contributed by atoms with Crippen molar-refractivity contribution in [1.29, 1.82) is 5.26 Å². The summed E-state index contributed by atoms with van der Waals surface area (Å²) in [6.07, 6.45) is 4.93. The Morgan fingerprint density at radius 3 is 2.85 bits per heavy atom. The van der Waals surface area contributed by atoms with Gasteiger partial charge >= 0.3 is 0 Å². The summed E-state index contributed by atoms with van der Waals surface area (Å²) >= 11 is 0. The maximum atomic E-state index is 12.3. The standard InChI is InChI=1S/C21H24N4O2/c22-14-16-8-9-23-20(13-16)17-4-6-18(7-5-17)21(27)24-10-12-25-11-2-1-3-19(25)15-26/h4-9,13,19,26H,1-3,10-12,15H2,(H,24,27)/t19-/m1/s1. The number of nitriles is 1. The highest BCUT2D eigenvalue weighted by atomic mass is 16.3. The first-order valence-corrected chi connectivity index (χ1v) is 9.31. The molecule has 1 aliphatic rings. The van der Waals surface area contributed by atoms with Crippen molar-refractivity contribution in [2.45, 2.75) is 25.3 Å². The molecule has 0 radical (unpaired) electrons. The van der Waals surface area contributed by atoms with Crippen LogP contribution in [0.5, 0.6) is 0 Å². The first-order valence-electron chi connectivity index (χ1n) is 9.31. The lowest BCUT2D eigenvalue weighted by Gasteiger charge is -2.34. The first-order chi connectivity index (χ1) is 13.2. The topological polar surface area (TPSA) is 89.2 Å². The highest BCUT2D eigenvalue weighted by Crippen LogP contribution is 2.19. The monoisotopic (exact) mass is 364 g/mol. The minimum atomic E-state index is -0.113. The molecule has 1 saturated heterocycles. The van der Waals surface area contributed by atoms with Crippen LogP contribution in [-0.2, 0) is 0 Å². The van der Waals surface area contributed by atoms with Crippen LogP contribution in [0.1, 0.15) is 35.2 Å². The number of nitrogens with zero attached hydrogens (tertiary/aromatic N) is 3. The molecule has 6 nitrogen and oxygen atoms in total. The lowest BCUT2D eigenvalue weighted by atomic mass is 10.0. The minimum absolute atomic E-state index is 0.113. The van der Waals surface area contributed by atoms with Crippen molar-refractivity contribution in [1.82, 2.24) is 15.2 Å². The number of piperidine rings is 1. The number of amides is 1. The molecule has 2 N–H and O–H groups in total. The number of aromatic nitrogens is 1. The predicted octanol–water partition coefficient (Wildman–Crippen LogP) is 2.20. The Bertz CT molecular complexity index is 814. The normalized spacial score (nSPS) is 17.3. The van der Waals surface area contributed by atoms with E-state index in [1.807, 2.05) is 12.1 Å². The summed E-state index contributed by atoms with van der Waals surface area (Å²) in [4.78, 5) is 18.9. The van der Waals surface area contributed by atoms with E-state index in [4.69, 9.17) is 5.26 Å². The lowest BCUT2D eigenvalue weighted by Crippen LogP contribution is -2.45. The van der Waals surface area contributed by atoms with Crippen molar-refractivity contribution in [3.63, 3.8) is 0 Å². The van der Waals surface area contributed by atoms with Crippen LogP contribution < -0.4 is 5.32 Å². The zero-order valence-corrected chi connectivity index (χ0v) is 15.3. The van der Waals surface area contributed by atoms with Gasteiger partial charge in [0.1, 0.15) is 0 Å². The summed E-state index contributed by atoms with van der Waals surface area (Å²) in [5.41, 5.74) is 2.72. The fraction of sp³-hybridized carbons (Fsp3) is 0.381. The van der Waals surface area contributed by atoms with E-state index in [0.29, 0.717) is 23.4 Å². The average Bonchev–Trinajstić information content (AvgIpc) is 2.74. The number of pyridine rings is 1. The summed E-state index contributed by atoms with van der Waals surface area (Å²) in [7, 11) is 0. The van der Waals surface area contributed by atoms with E-state index in [0.717, 1.165) is 37.9 Å². The van der Waals surface area contributed by atoms with Gasteiger partial charge in [0, 0.05) is 36.5 Å². The third-order valence-corrected chi connectivity index (χ3v) is 4.98. The van der Waals surface area contributed by atoms with Gasteiger partial charge in [-0.05, 0) is 43.7 Å². The fourth-order valence-corrected chi connectivity index (χ4v) is 3.43. The predicted molar refractivity (Wildman–Crippen MR) is 103 cm³/mol. The molecule has 2 aromatic rings. The van der Waals surface area contributed by atoms with Crippen LogP contribution in [-0.4, -0.2) is 53.2 Å². The Morgan fingerprint density at radius 2 is 2.11 bits per heavy atom. The van der Waals surface area contributed by atoms with E-state index in [1.165, 1.54) is 0 Å². The van der Waals surface area contributed by atoms with Gasteiger partial charge in [-0.25, -0.2) is 0 Å². The number of aliphatic hydroxyl groups is 1. The molecule has 1 aromatic heterocycles. The van der Waals surface area contributed by atoms with Crippen molar-refractivity contribution < 1.29 is 9.90 Å². The number of carbonyl (C=O) groups is 1. The molecule has 1 amide bonds. The van der Waals surface area contributed by atoms with Gasteiger partial charge in [-0.2, -0.15) is 5.26 Å². The van der Waals surface area contributed by atoms with Crippen molar-refractivity contribution in [3.05, 3.63) is 53.7 Å². The first kappa shape index (κ1) is 19.0. The van der Waals surface area contributed by atoms with Gasteiger partial charge in [-0.15, -0.1) is 0 Å². The zero-order chi connectivity index (χ0) is 19.1. The molecule has 0 unspecified atom stereocenters. The molecule has 1 aromatic carbocycles. The molecule has 27 heavy (non-hydrogen) atoms. The van der Waals surface area contributed by atoms with Gasteiger partial charge in [-0.3, -0.25) is 14.7 Å². The van der Waals surface area contributed by atoms with Crippen LogP contribution in [0.25, 0.3) is 11.3 Å². The molecule has 0 aliphatic carbocycles. The number of carbonyl (C=O) groups excluding carboxylic acids is 1. The molecule has 3 rings (SSSR count). The van der Waals surface area contributed by atoms with E-state index < -0.39 is 0 Å². The van der Waals surface area contributed by atoms with Crippen LogP contribution in [0.2, 0.25) is 0 Å². The van der Waals surface area contributed by atoms with Crippen LogP contribution in [0.3, 0.4) is 0 Å². The molecule has 2 heterocycles. The van der Waals surface area contributed by atoms with Crippen molar-refractivity contribution in [3.8, 4) is 17.3 Å². The molecule has 0 saturated carbocycles. The molecular weight excluding hydrogens is 340 g/mol. The Kier molecular flexibility index (Phi) is 6.53. The van der Waals surface area contributed by atoms with E-state index in [9.17, 15) is 9.90 Å². The molecular formula is C21H24N4O2. The highest BCUT2D eigenvalue weighted by molar-refractivity contribution is 5.94. The number of aliphatic hydroxyl groups excluding tert-OH is 1. The van der Waals surface area contributed by atoms with E-state index >= 15 is 0 Å². The maximum absolute atomic E-state index is 12.3. The third-order valence-electron chi connectivity index (χ3n) is 4.98. The molecule has 0 bridgehead atoms. The summed E-state index contributed by atoms with van der Waals surface area (Å²) < 4.78 is 0. The maximum Gasteiger partial charge on any atom is 0.251 e. The zero-order valence-electron chi connectivity index (χ0n) is 15.3. The molecule has 1 atom stereocenters. The Balaban J connectivity index is 1.55. The Hall–Kier alpha value is -2.75. The molecule has 0 spiro atoms. The van der Waals surface area contributed by atoms with Crippen LogP contribution in [0, 0.1) is 11.3 Å². The van der Waals surface area contributed by atoms with Crippen LogP contribution in [0.4, 0.5) is 0 Å². The molecule has 140 valence electrons. The van der Waals surface area contributed by atoms with E-state index in [1.54, 1.807) is 30.5 Å².